The quantitative estimate of drug-likeness (QED) is 0.141. The van der Waals surface area contributed by atoms with Crippen LogP contribution in [-0.2, 0) is 30.3 Å². The number of carbonyl (C=O) groups excluding carboxylic acids is 4. The van der Waals surface area contributed by atoms with Crippen molar-refractivity contribution in [1.29, 1.82) is 0 Å². The van der Waals surface area contributed by atoms with Gasteiger partial charge in [0.1, 0.15) is 17.6 Å². The summed E-state index contributed by atoms with van der Waals surface area (Å²) in [6, 6.07) is 8.56. The number of Topliss-reactive ketones (excluding diaryl/α,β-unsaturated/α-hetero) is 2. The first-order valence-corrected chi connectivity index (χ1v) is 14.6. The zero-order valence-corrected chi connectivity index (χ0v) is 24.2. The molecule has 1 aromatic rings. The molecule has 1 saturated carbocycles. The van der Waals surface area contributed by atoms with E-state index in [1.165, 1.54) is 7.11 Å². The van der Waals surface area contributed by atoms with Crippen LogP contribution in [0.1, 0.15) is 83.6 Å². The number of aliphatic hydroxyl groups is 2. The summed E-state index contributed by atoms with van der Waals surface area (Å²) in [5.74, 6) is -1.72. The normalized spacial score (nSPS) is 21.2. The molecule has 3 N–H and O–H groups in total. The van der Waals surface area contributed by atoms with Crippen molar-refractivity contribution in [2.45, 2.75) is 103 Å². The molecule has 0 saturated heterocycles. The van der Waals surface area contributed by atoms with Gasteiger partial charge < -0.3 is 20.3 Å². The third kappa shape index (κ3) is 11.7. The molecule has 0 aromatic heterocycles. The van der Waals surface area contributed by atoms with Crippen LogP contribution < -0.4 is 5.32 Å². The van der Waals surface area contributed by atoms with E-state index in [9.17, 15) is 29.4 Å². The average molecular weight is 558 g/mol. The Morgan fingerprint density at radius 2 is 1.82 bits per heavy atom. The Labute approximate surface area is 238 Å². The Morgan fingerprint density at radius 3 is 2.50 bits per heavy atom. The molecule has 1 aromatic carbocycles. The third-order valence-corrected chi connectivity index (χ3v) is 7.64. The molecule has 1 fully saturated rings. The highest BCUT2D eigenvalue weighted by atomic mass is 16.5. The molecular formula is C32H47NO7. The average Bonchev–Trinajstić information content (AvgIpc) is 3.19. The summed E-state index contributed by atoms with van der Waals surface area (Å²) >= 11 is 0. The van der Waals surface area contributed by atoms with Crippen molar-refractivity contribution in [3.8, 4) is 0 Å². The molecule has 6 atom stereocenters. The van der Waals surface area contributed by atoms with Gasteiger partial charge in [0.25, 0.3) is 0 Å². The Kier molecular flexibility index (Phi) is 14.8. The maximum atomic E-state index is 12.7. The molecular weight excluding hydrogens is 510 g/mol. The predicted molar refractivity (Wildman–Crippen MR) is 153 cm³/mol. The van der Waals surface area contributed by atoms with Crippen molar-refractivity contribution in [2.24, 2.45) is 17.8 Å². The van der Waals surface area contributed by atoms with E-state index in [4.69, 9.17) is 4.74 Å². The fourth-order valence-corrected chi connectivity index (χ4v) is 5.31. The van der Waals surface area contributed by atoms with Crippen molar-refractivity contribution in [2.75, 3.05) is 7.11 Å². The van der Waals surface area contributed by atoms with E-state index in [1.807, 2.05) is 30.3 Å². The van der Waals surface area contributed by atoms with Gasteiger partial charge in [0.05, 0.1) is 19.3 Å². The van der Waals surface area contributed by atoms with E-state index in [-0.39, 0.29) is 43.2 Å². The van der Waals surface area contributed by atoms with Crippen LogP contribution in [0.15, 0.2) is 42.5 Å². The predicted octanol–water partition coefficient (Wildman–Crippen LogP) is 4.11. The van der Waals surface area contributed by atoms with Gasteiger partial charge in [-0.25, -0.2) is 4.79 Å². The number of benzene rings is 1. The molecule has 2 rings (SSSR count). The monoisotopic (exact) mass is 557 g/mol. The molecule has 0 spiro atoms. The van der Waals surface area contributed by atoms with Crippen LogP contribution in [0.3, 0.4) is 0 Å². The number of methoxy groups -OCH3 is 1. The van der Waals surface area contributed by atoms with E-state index in [2.05, 4.69) is 19.2 Å². The van der Waals surface area contributed by atoms with Crippen LogP contribution in [0.25, 0.3) is 0 Å². The number of ether oxygens (including phenoxy) is 1. The molecule has 8 heteroatoms. The minimum absolute atomic E-state index is 0.0144. The van der Waals surface area contributed by atoms with Crippen molar-refractivity contribution < 1.29 is 34.1 Å². The maximum Gasteiger partial charge on any atom is 0.328 e. The summed E-state index contributed by atoms with van der Waals surface area (Å²) in [6.45, 7) is 4.24. The molecule has 40 heavy (non-hydrogen) atoms. The highest BCUT2D eigenvalue weighted by Crippen LogP contribution is 2.34. The standard InChI is InChI=1S/C32H47NO7/c1-4-5-11-22(2)18-25(35)16-17-26-27(30(37)21-29(26)36)20-24(34)14-9-10-15-31(38)33-28(32(39)40-3)19-23-12-7-6-8-13-23/h6-8,12-13,16-17,22,25-29,35-36H,4-5,9-11,14-15,18-21H2,1-3H3,(H,33,38)/b17-16+/t22-,25-,26+,27+,28-,29+/m0/s1. The fraction of sp³-hybridized carbons (Fsp3) is 0.625. The van der Waals surface area contributed by atoms with Gasteiger partial charge in [-0.2, -0.15) is 0 Å². The van der Waals surface area contributed by atoms with Gasteiger partial charge in [0.2, 0.25) is 5.91 Å². The topological polar surface area (TPSA) is 130 Å². The number of hydrogen-bond acceptors (Lipinski definition) is 7. The summed E-state index contributed by atoms with van der Waals surface area (Å²) in [5, 5.41) is 23.5. The van der Waals surface area contributed by atoms with E-state index in [1.54, 1.807) is 12.2 Å². The lowest BCUT2D eigenvalue weighted by molar-refractivity contribution is -0.145. The summed E-state index contributed by atoms with van der Waals surface area (Å²) in [7, 11) is 1.28. The van der Waals surface area contributed by atoms with Gasteiger partial charge in [-0.15, -0.1) is 0 Å². The lowest BCUT2D eigenvalue weighted by atomic mass is 9.87. The lowest BCUT2D eigenvalue weighted by Crippen LogP contribution is -2.43. The first-order chi connectivity index (χ1) is 19.1. The first-order valence-electron chi connectivity index (χ1n) is 14.6. The number of rotatable bonds is 18. The number of carbonyl (C=O) groups is 4. The minimum atomic E-state index is -0.853. The fourth-order valence-electron chi connectivity index (χ4n) is 5.31. The molecule has 0 radical (unpaired) electrons. The van der Waals surface area contributed by atoms with Gasteiger partial charge in [-0.05, 0) is 30.7 Å². The second kappa shape index (κ2) is 17.8. The molecule has 0 bridgehead atoms. The number of aliphatic hydroxyl groups excluding tert-OH is 2. The Morgan fingerprint density at radius 1 is 1.12 bits per heavy atom. The molecule has 8 nitrogen and oxygen atoms in total. The second-order valence-electron chi connectivity index (χ2n) is 11.1. The van der Waals surface area contributed by atoms with Gasteiger partial charge in [0.15, 0.2) is 0 Å². The highest BCUT2D eigenvalue weighted by Gasteiger charge is 2.40. The largest absolute Gasteiger partial charge is 0.467 e. The van der Waals surface area contributed by atoms with Crippen LogP contribution in [0.5, 0.6) is 0 Å². The molecule has 222 valence electrons. The minimum Gasteiger partial charge on any atom is -0.467 e. The van der Waals surface area contributed by atoms with E-state index in [0.717, 1.165) is 24.8 Å². The van der Waals surface area contributed by atoms with Crippen molar-refractivity contribution in [3.05, 3.63) is 48.0 Å². The van der Waals surface area contributed by atoms with Gasteiger partial charge >= 0.3 is 5.97 Å². The van der Waals surface area contributed by atoms with Crippen molar-refractivity contribution >= 4 is 23.4 Å². The van der Waals surface area contributed by atoms with Gasteiger partial charge in [-0.1, -0.05) is 75.6 Å². The lowest BCUT2D eigenvalue weighted by Gasteiger charge is -2.18. The third-order valence-electron chi connectivity index (χ3n) is 7.64. The van der Waals surface area contributed by atoms with Gasteiger partial charge in [0, 0.05) is 43.9 Å². The van der Waals surface area contributed by atoms with Crippen LogP contribution >= 0.6 is 0 Å². The molecule has 0 heterocycles. The number of nitrogens with one attached hydrogen (secondary N) is 1. The van der Waals surface area contributed by atoms with Crippen LogP contribution in [-0.4, -0.2) is 59.0 Å². The SMILES string of the molecule is CCCC[C@H](C)C[C@@H](O)/C=C/[C@H]1[C@H](O)CC(=O)[C@@H]1CC(=O)CCCCC(=O)N[C@@H](Cc1ccccc1)C(=O)OC. The van der Waals surface area contributed by atoms with E-state index in [0.29, 0.717) is 31.6 Å². The maximum absolute atomic E-state index is 12.7. The first kappa shape index (κ1) is 33.4. The number of amides is 1. The van der Waals surface area contributed by atoms with Gasteiger partial charge in [-0.3, -0.25) is 14.4 Å². The number of esters is 1. The number of hydrogen-bond donors (Lipinski definition) is 3. The summed E-state index contributed by atoms with van der Waals surface area (Å²) in [6.07, 6.45) is 7.47. The van der Waals surface area contributed by atoms with E-state index < -0.39 is 36.1 Å². The zero-order chi connectivity index (χ0) is 29.5. The Balaban J connectivity index is 1.78. The number of unbranched alkanes of at least 4 members (excludes halogenated alkanes) is 2. The summed E-state index contributed by atoms with van der Waals surface area (Å²) < 4.78 is 4.83. The van der Waals surface area contributed by atoms with Crippen LogP contribution in [0.2, 0.25) is 0 Å². The molecule has 1 amide bonds. The smallest absolute Gasteiger partial charge is 0.328 e. The van der Waals surface area contributed by atoms with Crippen LogP contribution in [0, 0.1) is 17.8 Å². The Hall–Kier alpha value is -2.84. The second-order valence-corrected chi connectivity index (χ2v) is 11.1. The molecule has 1 aliphatic rings. The number of ketones is 2. The molecule has 1 aliphatic carbocycles. The zero-order valence-electron chi connectivity index (χ0n) is 24.2. The van der Waals surface area contributed by atoms with E-state index >= 15 is 0 Å². The highest BCUT2D eigenvalue weighted by molar-refractivity contribution is 5.90. The molecule has 0 unspecified atom stereocenters. The van der Waals surface area contributed by atoms with Crippen molar-refractivity contribution in [1.82, 2.24) is 5.32 Å². The summed E-state index contributed by atoms with van der Waals surface area (Å²) in [4.78, 5) is 49.8. The summed E-state index contributed by atoms with van der Waals surface area (Å²) in [5.41, 5.74) is 0.902. The van der Waals surface area contributed by atoms with Crippen molar-refractivity contribution in [3.63, 3.8) is 0 Å². The van der Waals surface area contributed by atoms with Crippen LogP contribution in [0.4, 0.5) is 0 Å². The molecule has 0 aliphatic heterocycles. The Bertz CT molecular complexity index is 977.